The molecule has 0 radical (unpaired) electrons. The maximum atomic E-state index is 6.01. The SMILES string of the molecule is COc1cccc(OCCn2c([C@H](C)N3CCCCC3)nc3ccccc32)c1. The minimum Gasteiger partial charge on any atom is -0.497 e. The van der Waals surface area contributed by atoms with E-state index in [9.17, 15) is 0 Å². The van der Waals surface area contributed by atoms with Crippen LogP contribution in [-0.4, -0.2) is 41.3 Å². The van der Waals surface area contributed by atoms with Crippen LogP contribution in [0.5, 0.6) is 11.5 Å². The van der Waals surface area contributed by atoms with Crippen LogP contribution in [0.3, 0.4) is 0 Å². The summed E-state index contributed by atoms with van der Waals surface area (Å²) in [5.74, 6) is 2.77. The molecule has 5 nitrogen and oxygen atoms in total. The number of rotatable bonds is 7. The molecule has 0 spiro atoms. The largest absolute Gasteiger partial charge is 0.497 e. The topological polar surface area (TPSA) is 39.5 Å². The van der Waals surface area contributed by atoms with Gasteiger partial charge in [-0.3, -0.25) is 4.90 Å². The number of fused-ring (bicyclic) bond motifs is 1. The molecule has 0 N–H and O–H groups in total. The number of benzene rings is 2. The fraction of sp³-hybridized carbons (Fsp3) is 0.435. The molecule has 0 bridgehead atoms. The van der Waals surface area contributed by atoms with Gasteiger partial charge in [-0.2, -0.15) is 0 Å². The van der Waals surface area contributed by atoms with Gasteiger partial charge in [-0.1, -0.05) is 24.6 Å². The second-order valence-corrected chi connectivity index (χ2v) is 7.41. The Morgan fingerprint density at radius 3 is 2.61 bits per heavy atom. The van der Waals surface area contributed by atoms with Crippen LogP contribution >= 0.6 is 0 Å². The van der Waals surface area contributed by atoms with E-state index in [1.165, 1.54) is 24.8 Å². The van der Waals surface area contributed by atoms with E-state index in [4.69, 9.17) is 14.5 Å². The molecular formula is C23H29N3O2. The van der Waals surface area contributed by atoms with Crippen molar-refractivity contribution in [2.24, 2.45) is 0 Å². The van der Waals surface area contributed by atoms with Crippen molar-refractivity contribution in [2.45, 2.75) is 38.8 Å². The Morgan fingerprint density at radius 1 is 1.00 bits per heavy atom. The average molecular weight is 380 g/mol. The molecule has 28 heavy (non-hydrogen) atoms. The normalized spacial score (nSPS) is 16.2. The monoisotopic (exact) mass is 379 g/mol. The zero-order chi connectivity index (χ0) is 19.3. The third-order valence-corrected chi connectivity index (χ3v) is 5.62. The predicted molar refractivity (Wildman–Crippen MR) is 112 cm³/mol. The molecule has 1 saturated heterocycles. The highest BCUT2D eigenvalue weighted by Crippen LogP contribution is 2.27. The lowest BCUT2D eigenvalue weighted by molar-refractivity contribution is 0.165. The molecule has 4 rings (SSSR count). The van der Waals surface area contributed by atoms with E-state index in [1.54, 1.807) is 7.11 Å². The van der Waals surface area contributed by atoms with Gasteiger partial charge in [0.2, 0.25) is 0 Å². The van der Waals surface area contributed by atoms with E-state index in [-0.39, 0.29) is 0 Å². The smallest absolute Gasteiger partial charge is 0.127 e. The molecule has 5 heteroatoms. The molecule has 0 amide bonds. The van der Waals surface area contributed by atoms with Crippen LogP contribution in [0.25, 0.3) is 11.0 Å². The molecule has 3 aromatic rings. The molecular weight excluding hydrogens is 350 g/mol. The number of aromatic nitrogens is 2. The summed E-state index contributed by atoms with van der Waals surface area (Å²) in [7, 11) is 1.67. The maximum absolute atomic E-state index is 6.01. The molecule has 2 aromatic carbocycles. The van der Waals surface area contributed by atoms with E-state index in [0.717, 1.165) is 42.5 Å². The minimum absolute atomic E-state index is 0.310. The highest BCUT2D eigenvalue weighted by molar-refractivity contribution is 5.76. The van der Waals surface area contributed by atoms with Crippen molar-refractivity contribution in [1.82, 2.24) is 14.5 Å². The average Bonchev–Trinajstić information content (AvgIpc) is 3.13. The van der Waals surface area contributed by atoms with Gasteiger partial charge >= 0.3 is 0 Å². The van der Waals surface area contributed by atoms with E-state index in [0.29, 0.717) is 12.6 Å². The summed E-state index contributed by atoms with van der Waals surface area (Å²) in [6, 6.07) is 16.5. The van der Waals surface area contributed by atoms with E-state index in [1.807, 2.05) is 24.3 Å². The summed E-state index contributed by atoms with van der Waals surface area (Å²) in [5.41, 5.74) is 2.23. The Labute approximate surface area is 166 Å². The molecule has 2 heterocycles. The molecule has 0 aliphatic carbocycles. The fourth-order valence-corrected chi connectivity index (χ4v) is 4.06. The second kappa shape index (κ2) is 8.65. The first-order valence-corrected chi connectivity index (χ1v) is 10.2. The van der Waals surface area contributed by atoms with Crippen LogP contribution in [0.15, 0.2) is 48.5 Å². The van der Waals surface area contributed by atoms with Gasteiger partial charge in [0.1, 0.15) is 23.9 Å². The Morgan fingerprint density at radius 2 is 1.79 bits per heavy atom. The fourth-order valence-electron chi connectivity index (χ4n) is 4.06. The van der Waals surface area contributed by atoms with Crippen molar-refractivity contribution in [3.8, 4) is 11.5 Å². The molecule has 1 aliphatic heterocycles. The van der Waals surface area contributed by atoms with Crippen molar-refractivity contribution < 1.29 is 9.47 Å². The number of imidazole rings is 1. The third kappa shape index (κ3) is 3.99. The maximum Gasteiger partial charge on any atom is 0.127 e. The molecule has 0 unspecified atom stereocenters. The number of nitrogens with zero attached hydrogens (tertiary/aromatic N) is 3. The van der Waals surface area contributed by atoms with Gasteiger partial charge in [0.15, 0.2) is 0 Å². The number of piperidine rings is 1. The van der Waals surface area contributed by atoms with Gasteiger partial charge < -0.3 is 14.0 Å². The Hall–Kier alpha value is -2.53. The summed E-state index contributed by atoms with van der Waals surface area (Å²) in [5, 5.41) is 0. The molecule has 1 aromatic heterocycles. The quantitative estimate of drug-likeness (QED) is 0.598. The van der Waals surface area contributed by atoms with Gasteiger partial charge in [-0.05, 0) is 57.1 Å². The predicted octanol–water partition coefficient (Wildman–Crippen LogP) is 4.67. The van der Waals surface area contributed by atoms with Crippen LogP contribution in [0.2, 0.25) is 0 Å². The van der Waals surface area contributed by atoms with Crippen molar-refractivity contribution in [2.75, 3.05) is 26.8 Å². The number of methoxy groups -OCH3 is 1. The van der Waals surface area contributed by atoms with E-state index in [2.05, 4.69) is 40.7 Å². The number of hydrogen-bond donors (Lipinski definition) is 0. The molecule has 1 atom stereocenters. The molecule has 1 fully saturated rings. The lowest BCUT2D eigenvalue weighted by Gasteiger charge is -2.32. The van der Waals surface area contributed by atoms with Gasteiger partial charge in [0.05, 0.1) is 30.7 Å². The van der Waals surface area contributed by atoms with Crippen LogP contribution in [0, 0.1) is 0 Å². The van der Waals surface area contributed by atoms with Crippen LogP contribution in [-0.2, 0) is 6.54 Å². The summed E-state index contributed by atoms with van der Waals surface area (Å²) in [6.45, 7) is 5.96. The minimum atomic E-state index is 0.310. The van der Waals surface area contributed by atoms with Gasteiger partial charge in [0, 0.05) is 6.07 Å². The van der Waals surface area contributed by atoms with Crippen LogP contribution in [0.1, 0.15) is 38.1 Å². The lowest BCUT2D eigenvalue weighted by Crippen LogP contribution is -2.34. The van der Waals surface area contributed by atoms with Crippen molar-refractivity contribution >= 4 is 11.0 Å². The van der Waals surface area contributed by atoms with Crippen molar-refractivity contribution in [3.63, 3.8) is 0 Å². The summed E-state index contributed by atoms with van der Waals surface area (Å²) >= 11 is 0. The summed E-state index contributed by atoms with van der Waals surface area (Å²) in [6.07, 6.45) is 3.90. The Kier molecular flexibility index (Phi) is 5.81. The molecule has 1 aliphatic rings. The van der Waals surface area contributed by atoms with E-state index >= 15 is 0 Å². The van der Waals surface area contributed by atoms with Gasteiger partial charge in [0.25, 0.3) is 0 Å². The summed E-state index contributed by atoms with van der Waals surface area (Å²) in [4.78, 5) is 7.55. The van der Waals surface area contributed by atoms with Crippen LogP contribution in [0.4, 0.5) is 0 Å². The van der Waals surface area contributed by atoms with Crippen molar-refractivity contribution in [1.29, 1.82) is 0 Å². The second-order valence-electron chi connectivity index (χ2n) is 7.41. The number of likely N-dealkylation sites (tertiary alicyclic amines) is 1. The summed E-state index contributed by atoms with van der Waals surface area (Å²) < 4.78 is 13.6. The zero-order valence-electron chi connectivity index (χ0n) is 16.8. The van der Waals surface area contributed by atoms with Gasteiger partial charge in [-0.15, -0.1) is 0 Å². The van der Waals surface area contributed by atoms with Crippen LogP contribution < -0.4 is 9.47 Å². The first-order valence-electron chi connectivity index (χ1n) is 10.2. The Bertz CT molecular complexity index is 915. The molecule has 0 saturated carbocycles. The highest BCUT2D eigenvalue weighted by Gasteiger charge is 2.23. The Balaban J connectivity index is 1.54. The standard InChI is InChI=1S/C23H29N3O2/c1-18(25-13-6-3-7-14-25)23-24-21-11-4-5-12-22(21)26(23)15-16-28-20-10-8-9-19(17-20)27-2/h4-5,8-12,17-18H,3,6-7,13-16H2,1-2H3/t18-/m0/s1. The number of para-hydroxylation sites is 2. The lowest BCUT2D eigenvalue weighted by atomic mass is 10.1. The third-order valence-electron chi connectivity index (χ3n) is 5.62. The first-order chi connectivity index (χ1) is 13.8. The molecule has 148 valence electrons. The zero-order valence-corrected chi connectivity index (χ0v) is 16.8. The number of hydrogen-bond acceptors (Lipinski definition) is 4. The number of ether oxygens (including phenoxy) is 2. The first kappa shape index (κ1) is 18.8. The highest BCUT2D eigenvalue weighted by atomic mass is 16.5. The van der Waals surface area contributed by atoms with Crippen molar-refractivity contribution in [3.05, 3.63) is 54.4 Å². The van der Waals surface area contributed by atoms with E-state index < -0.39 is 0 Å². The van der Waals surface area contributed by atoms with Gasteiger partial charge in [-0.25, -0.2) is 4.98 Å².